The Kier molecular flexibility index (Phi) is 1.76. The second-order valence-corrected chi connectivity index (χ2v) is 4.13. The van der Waals surface area contributed by atoms with Gasteiger partial charge in [0.25, 0.3) is 0 Å². The van der Waals surface area contributed by atoms with Crippen LogP contribution in [0.1, 0.15) is 26.7 Å². The fraction of sp³-hybridized carbons (Fsp3) is 0.800. The molecular weight excluding hydrogens is 134 g/mol. The molecule has 2 aliphatic rings. The number of fused-ring (bicyclic) bond motifs is 1. The molecule has 0 radical (unpaired) electrons. The Morgan fingerprint density at radius 2 is 2.36 bits per heavy atom. The summed E-state index contributed by atoms with van der Waals surface area (Å²) in [5.41, 5.74) is 1.45. The van der Waals surface area contributed by atoms with Crippen LogP contribution >= 0.6 is 0 Å². The smallest absolute Gasteiger partial charge is 0.0168 e. The van der Waals surface area contributed by atoms with Crippen molar-refractivity contribution in [2.45, 2.75) is 32.7 Å². The second-order valence-electron chi connectivity index (χ2n) is 4.13. The summed E-state index contributed by atoms with van der Waals surface area (Å²) in [6, 6.07) is 0.977. The first-order valence-electron chi connectivity index (χ1n) is 4.65. The van der Waals surface area contributed by atoms with Crippen LogP contribution < -0.4 is 0 Å². The standard InChI is InChI=1S/C10H17N/c1-8(2)3-5-11-6-4-9-7-10(9)11/h3,9-10H,4-7H2,1-2H3. The van der Waals surface area contributed by atoms with Crippen molar-refractivity contribution in [2.75, 3.05) is 13.1 Å². The molecule has 1 aliphatic carbocycles. The van der Waals surface area contributed by atoms with E-state index in [2.05, 4.69) is 24.8 Å². The summed E-state index contributed by atoms with van der Waals surface area (Å²) in [7, 11) is 0. The van der Waals surface area contributed by atoms with Crippen LogP contribution in [0, 0.1) is 5.92 Å². The number of likely N-dealkylation sites (tertiary alicyclic amines) is 1. The highest BCUT2D eigenvalue weighted by atomic mass is 15.2. The van der Waals surface area contributed by atoms with E-state index in [0.717, 1.165) is 12.0 Å². The maximum atomic E-state index is 2.62. The Morgan fingerprint density at radius 3 is 2.82 bits per heavy atom. The molecule has 11 heavy (non-hydrogen) atoms. The summed E-state index contributed by atoms with van der Waals surface area (Å²) in [4.78, 5) is 2.62. The molecule has 0 spiro atoms. The number of nitrogens with zero attached hydrogens (tertiary/aromatic N) is 1. The zero-order valence-electron chi connectivity index (χ0n) is 7.51. The molecule has 2 rings (SSSR count). The van der Waals surface area contributed by atoms with E-state index in [4.69, 9.17) is 0 Å². The first kappa shape index (κ1) is 7.35. The van der Waals surface area contributed by atoms with Crippen LogP contribution in [0.3, 0.4) is 0 Å². The highest BCUT2D eigenvalue weighted by Gasteiger charge is 2.45. The molecular formula is C10H17N. The molecule has 1 nitrogen and oxygen atoms in total. The predicted octanol–water partition coefficient (Wildman–Crippen LogP) is 2.05. The van der Waals surface area contributed by atoms with Gasteiger partial charge < -0.3 is 0 Å². The Labute approximate surface area is 69.1 Å². The van der Waals surface area contributed by atoms with Gasteiger partial charge >= 0.3 is 0 Å². The van der Waals surface area contributed by atoms with Crippen molar-refractivity contribution in [3.05, 3.63) is 11.6 Å². The SMILES string of the molecule is CC(C)=CCN1CCC2CC21. The second kappa shape index (κ2) is 2.63. The van der Waals surface area contributed by atoms with Crippen LogP contribution in [0.2, 0.25) is 0 Å². The van der Waals surface area contributed by atoms with Crippen molar-refractivity contribution in [1.82, 2.24) is 4.90 Å². The van der Waals surface area contributed by atoms with Gasteiger partial charge in [-0.1, -0.05) is 11.6 Å². The van der Waals surface area contributed by atoms with Gasteiger partial charge in [-0.25, -0.2) is 0 Å². The van der Waals surface area contributed by atoms with Crippen molar-refractivity contribution in [1.29, 1.82) is 0 Å². The summed E-state index contributed by atoms with van der Waals surface area (Å²) < 4.78 is 0. The number of rotatable bonds is 2. The fourth-order valence-electron chi connectivity index (χ4n) is 2.01. The van der Waals surface area contributed by atoms with Crippen LogP contribution in [0.25, 0.3) is 0 Å². The third-order valence-corrected chi connectivity index (χ3v) is 2.88. The molecule has 0 N–H and O–H groups in total. The quantitative estimate of drug-likeness (QED) is 0.546. The Bertz CT molecular complexity index is 179. The van der Waals surface area contributed by atoms with Crippen molar-refractivity contribution >= 4 is 0 Å². The highest BCUT2D eigenvalue weighted by Crippen LogP contribution is 2.44. The molecule has 0 aromatic carbocycles. The molecule has 1 aliphatic heterocycles. The number of hydrogen-bond acceptors (Lipinski definition) is 1. The molecule has 1 saturated carbocycles. The summed E-state index contributed by atoms with van der Waals surface area (Å²) in [5.74, 6) is 1.08. The molecule has 0 aromatic heterocycles. The van der Waals surface area contributed by atoms with Gasteiger partial charge in [0.05, 0.1) is 0 Å². The minimum Gasteiger partial charge on any atom is -0.296 e. The van der Waals surface area contributed by atoms with Crippen molar-refractivity contribution in [3.63, 3.8) is 0 Å². The largest absolute Gasteiger partial charge is 0.296 e. The van der Waals surface area contributed by atoms with Crippen LogP contribution in [0.4, 0.5) is 0 Å². The summed E-state index contributed by atoms with van der Waals surface area (Å²) >= 11 is 0. The first-order chi connectivity index (χ1) is 5.27. The average Bonchev–Trinajstić information content (AvgIpc) is 2.62. The van der Waals surface area contributed by atoms with Crippen LogP contribution in [-0.2, 0) is 0 Å². The molecule has 1 heteroatoms. The highest BCUT2D eigenvalue weighted by molar-refractivity contribution is 5.04. The Morgan fingerprint density at radius 1 is 1.55 bits per heavy atom. The maximum Gasteiger partial charge on any atom is 0.0168 e. The first-order valence-corrected chi connectivity index (χ1v) is 4.65. The van der Waals surface area contributed by atoms with Gasteiger partial charge in [-0.05, 0) is 39.2 Å². The van der Waals surface area contributed by atoms with Gasteiger partial charge in [-0.15, -0.1) is 0 Å². The van der Waals surface area contributed by atoms with Gasteiger partial charge in [0.1, 0.15) is 0 Å². The summed E-state index contributed by atoms with van der Waals surface area (Å²) in [6.45, 7) is 6.91. The fourth-order valence-corrected chi connectivity index (χ4v) is 2.01. The van der Waals surface area contributed by atoms with E-state index in [-0.39, 0.29) is 0 Å². The van der Waals surface area contributed by atoms with E-state index in [1.165, 1.54) is 31.5 Å². The molecule has 0 bridgehead atoms. The van der Waals surface area contributed by atoms with Gasteiger partial charge in [0, 0.05) is 12.6 Å². The van der Waals surface area contributed by atoms with E-state index in [0.29, 0.717) is 0 Å². The Balaban J connectivity index is 1.83. The lowest BCUT2D eigenvalue weighted by Crippen LogP contribution is -2.23. The van der Waals surface area contributed by atoms with Crippen LogP contribution in [0.5, 0.6) is 0 Å². The van der Waals surface area contributed by atoms with Crippen molar-refractivity contribution in [3.8, 4) is 0 Å². The zero-order valence-corrected chi connectivity index (χ0v) is 7.51. The van der Waals surface area contributed by atoms with Crippen LogP contribution in [0.15, 0.2) is 11.6 Å². The summed E-state index contributed by atoms with van der Waals surface area (Å²) in [6.07, 6.45) is 5.29. The van der Waals surface area contributed by atoms with Crippen molar-refractivity contribution < 1.29 is 0 Å². The van der Waals surface area contributed by atoms with Gasteiger partial charge in [-0.2, -0.15) is 0 Å². The Hall–Kier alpha value is -0.300. The van der Waals surface area contributed by atoms with Gasteiger partial charge in [0.15, 0.2) is 0 Å². The van der Waals surface area contributed by atoms with Crippen molar-refractivity contribution in [2.24, 2.45) is 5.92 Å². The molecule has 2 fully saturated rings. The lowest BCUT2D eigenvalue weighted by molar-refractivity contribution is 0.332. The molecule has 0 aromatic rings. The van der Waals surface area contributed by atoms with E-state index in [1.54, 1.807) is 0 Å². The van der Waals surface area contributed by atoms with Crippen LogP contribution in [-0.4, -0.2) is 24.0 Å². The summed E-state index contributed by atoms with van der Waals surface area (Å²) in [5, 5.41) is 0. The van der Waals surface area contributed by atoms with E-state index < -0.39 is 0 Å². The third-order valence-electron chi connectivity index (χ3n) is 2.88. The monoisotopic (exact) mass is 151 g/mol. The molecule has 0 amide bonds. The number of hydrogen-bond donors (Lipinski definition) is 0. The molecule has 2 unspecified atom stereocenters. The molecule has 2 atom stereocenters. The van der Waals surface area contributed by atoms with Gasteiger partial charge in [-0.3, -0.25) is 4.90 Å². The third kappa shape index (κ3) is 1.48. The molecule has 1 saturated heterocycles. The normalized spacial score (nSPS) is 35.1. The van der Waals surface area contributed by atoms with E-state index in [1.807, 2.05) is 0 Å². The van der Waals surface area contributed by atoms with Gasteiger partial charge in [0.2, 0.25) is 0 Å². The zero-order chi connectivity index (χ0) is 7.84. The average molecular weight is 151 g/mol. The number of piperidine rings is 1. The number of allylic oxidation sites excluding steroid dienone is 1. The van der Waals surface area contributed by atoms with E-state index in [9.17, 15) is 0 Å². The topological polar surface area (TPSA) is 3.24 Å². The lowest BCUT2D eigenvalue weighted by atomic mass is 10.3. The lowest BCUT2D eigenvalue weighted by Gasteiger charge is -2.14. The van der Waals surface area contributed by atoms with E-state index >= 15 is 0 Å². The molecule has 1 heterocycles. The predicted molar refractivity (Wildman–Crippen MR) is 47.5 cm³/mol. The minimum absolute atomic E-state index is 0.977. The maximum absolute atomic E-state index is 2.62. The molecule has 62 valence electrons. The minimum atomic E-state index is 0.977.